The van der Waals surface area contributed by atoms with E-state index < -0.39 is 0 Å². The molecule has 3 aromatic rings. The van der Waals surface area contributed by atoms with E-state index in [2.05, 4.69) is 56.5 Å². The number of hydrogen-bond acceptors (Lipinski definition) is 4. The third-order valence-electron chi connectivity index (χ3n) is 6.06. The Morgan fingerprint density at radius 3 is 2.33 bits per heavy atom. The number of rotatable bonds is 4. The Hall–Kier alpha value is -3.34. The highest BCUT2D eigenvalue weighted by atomic mass is 16.1. The highest BCUT2D eigenvalue weighted by Crippen LogP contribution is 2.24. The fraction of sp³-hybridized carbons (Fsp3) is 0.280. The average Bonchev–Trinajstić information content (AvgIpc) is 3.34. The Balaban J connectivity index is 1.23. The summed E-state index contributed by atoms with van der Waals surface area (Å²) < 4.78 is 0. The molecule has 0 atom stereocenters. The molecule has 2 aliphatic rings. The number of carbonyl (C=O) groups is 1. The zero-order valence-electron chi connectivity index (χ0n) is 17.1. The second kappa shape index (κ2) is 8.19. The number of benzene rings is 2. The van der Waals surface area contributed by atoms with Gasteiger partial charge in [0, 0.05) is 43.8 Å². The van der Waals surface area contributed by atoms with Crippen LogP contribution in [-0.4, -0.2) is 30.5 Å². The zero-order chi connectivity index (χ0) is 20.3. The van der Waals surface area contributed by atoms with Crippen molar-refractivity contribution >= 4 is 23.1 Å². The molecule has 0 radical (unpaired) electrons. The standard InChI is InChI=1S/C25H26N4O/c30-25(27-22-8-10-23(11-9-22)28-14-3-4-15-28)20-7-12-24(26-17-20)29-16-13-19-5-1-2-6-21(19)18-29/h1-2,5-12,17H,3-4,13-16,18H2,(H,27,30). The van der Waals surface area contributed by atoms with Gasteiger partial charge in [-0.1, -0.05) is 24.3 Å². The van der Waals surface area contributed by atoms with Gasteiger partial charge in [-0.25, -0.2) is 4.98 Å². The maximum absolute atomic E-state index is 12.6. The van der Waals surface area contributed by atoms with Crippen LogP contribution in [0.1, 0.15) is 34.3 Å². The summed E-state index contributed by atoms with van der Waals surface area (Å²) in [6.07, 6.45) is 5.20. The first-order valence-corrected chi connectivity index (χ1v) is 10.7. The fourth-order valence-electron chi connectivity index (χ4n) is 4.33. The van der Waals surface area contributed by atoms with Gasteiger partial charge in [-0.05, 0) is 66.8 Å². The smallest absolute Gasteiger partial charge is 0.257 e. The summed E-state index contributed by atoms with van der Waals surface area (Å²) in [6.45, 7) is 4.04. The van der Waals surface area contributed by atoms with Crippen LogP contribution < -0.4 is 15.1 Å². The van der Waals surface area contributed by atoms with Crippen molar-refractivity contribution in [3.8, 4) is 0 Å². The van der Waals surface area contributed by atoms with E-state index in [-0.39, 0.29) is 5.91 Å². The Labute approximate surface area is 177 Å². The van der Waals surface area contributed by atoms with Crippen molar-refractivity contribution < 1.29 is 4.79 Å². The van der Waals surface area contributed by atoms with E-state index in [1.54, 1.807) is 6.20 Å². The monoisotopic (exact) mass is 398 g/mol. The highest BCUT2D eigenvalue weighted by Gasteiger charge is 2.17. The largest absolute Gasteiger partial charge is 0.372 e. The minimum Gasteiger partial charge on any atom is -0.372 e. The van der Waals surface area contributed by atoms with Gasteiger partial charge in [0.05, 0.1) is 5.56 Å². The van der Waals surface area contributed by atoms with Crippen LogP contribution in [0.15, 0.2) is 66.9 Å². The third kappa shape index (κ3) is 3.88. The number of anilines is 3. The van der Waals surface area contributed by atoms with Crippen molar-refractivity contribution in [3.63, 3.8) is 0 Å². The minimum atomic E-state index is -0.132. The van der Waals surface area contributed by atoms with Crippen LogP contribution in [0.25, 0.3) is 0 Å². The summed E-state index contributed by atoms with van der Waals surface area (Å²) in [6, 6.07) is 20.5. The molecule has 5 heteroatoms. The molecule has 5 nitrogen and oxygen atoms in total. The molecule has 1 N–H and O–H groups in total. The first kappa shape index (κ1) is 18.7. The molecule has 0 bridgehead atoms. The molecule has 0 spiro atoms. The summed E-state index contributed by atoms with van der Waals surface area (Å²) in [7, 11) is 0. The Kier molecular flexibility index (Phi) is 5.10. The van der Waals surface area contributed by atoms with E-state index in [1.165, 1.54) is 29.7 Å². The van der Waals surface area contributed by atoms with Gasteiger partial charge in [0.1, 0.15) is 5.82 Å². The van der Waals surface area contributed by atoms with Gasteiger partial charge in [0.2, 0.25) is 0 Å². The number of nitrogens with one attached hydrogen (secondary N) is 1. The molecule has 3 heterocycles. The molecule has 1 amide bonds. The van der Waals surface area contributed by atoms with Crippen molar-refractivity contribution in [1.29, 1.82) is 0 Å². The normalized spacial score (nSPS) is 15.7. The van der Waals surface area contributed by atoms with Crippen molar-refractivity contribution in [2.24, 2.45) is 0 Å². The second-order valence-electron chi connectivity index (χ2n) is 8.04. The number of hydrogen-bond donors (Lipinski definition) is 1. The highest BCUT2D eigenvalue weighted by molar-refractivity contribution is 6.04. The van der Waals surface area contributed by atoms with Gasteiger partial charge >= 0.3 is 0 Å². The average molecular weight is 399 g/mol. The molecule has 2 aromatic carbocycles. The van der Waals surface area contributed by atoms with Crippen LogP contribution in [0.3, 0.4) is 0 Å². The van der Waals surface area contributed by atoms with Crippen LogP contribution in [-0.2, 0) is 13.0 Å². The fourth-order valence-corrected chi connectivity index (χ4v) is 4.33. The predicted octanol–water partition coefficient (Wildman–Crippen LogP) is 4.50. The molecular formula is C25H26N4O. The summed E-state index contributed by atoms with van der Waals surface area (Å²) in [5.41, 5.74) is 5.37. The summed E-state index contributed by atoms with van der Waals surface area (Å²) in [5, 5.41) is 2.98. The quantitative estimate of drug-likeness (QED) is 0.703. The van der Waals surface area contributed by atoms with E-state index in [0.717, 1.165) is 44.1 Å². The molecule has 0 unspecified atom stereocenters. The molecular weight excluding hydrogens is 372 g/mol. The van der Waals surface area contributed by atoms with Crippen LogP contribution in [0, 0.1) is 0 Å². The van der Waals surface area contributed by atoms with Crippen LogP contribution >= 0.6 is 0 Å². The van der Waals surface area contributed by atoms with Gasteiger partial charge in [-0.15, -0.1) is 0 Å². The van der Waals surface area contributed by atoms with Crippen LogP contribution in [0.2, 0.25) is 0 Å². The van der Waals surface area contributed by atoms with Gasteiger partial charge in [0.25, 0.3) is 5.91 Å². The van der Waals surface area contributed by atoms with Gasteiger partial charge in [0.15, 0.2) is 0 Å². The molecule has 1 fully saturated rings. The SMILES string of the molecule is O=C(Nc1ccc(N2CCCC2)cc1)c1ccc(N2CCc3ccccc3C2)nc1. The molecule has 0 aliphatic carbocycles. The lowest BCUT2D eigenvalue weighted by Gasteiger charge is -2.29. The number of carbonyl (C=O) groups excluding carboxylic acids is 1. The van der Waals surface area contributed by atoms with Crippen molar-refractivity contribution in [1.82, 2.24) is 4.98 Å². The molecule has 1 saturated heterocycles. The Bertz CT molecular complexity index is 1020. The Morgan fingerprint density at radius 1 is 0.833 bits per heavy atom. The van der Waals surface area contributed by atoms with Crippen molar-refractivity contribution in [2.75, 3.05) is 34.8 Å². The topological polar surface area (TPSA) is 48.5 Å². The number of nitrogens with zero attached hydrogens (tertiary/aromatic N) is 3. The third-order valence-corrected chi connectivity index (χ3v) is 6.06. The second-order valence-corrected chi connectivity index (χ2v) is 8.04. The van der Waals surface area contributed by atoms with Crippen molar-refractivity contribution in [2.45, 2.75) is 25.8 Å². The summed E-state index contributed by atoms with van der Waals surface area (Å²) >= 11 is 0. The number of fused-ring (bicyclic) bond motifs is 1. The van der Waals surface area contributed by atoms with E-state index >= 15 is 0 Å². The van der Waals surface area contributed by atoms with Gasteiger partial charge in [-0.2, -0.15) is 0 Å². The number of amides is 1. The molecule has 152 valence electrons. The van der Waals surface area contributed by atoms with E-state index in [9.17, 15) is 4.79 Å². The first-order chi connectivity index (χ1) is 14.8. The molecule has 30 heavy (non-hydrogen) atoms. The van der Waals surface area contributed by atoms with Crippen molar-refractivity contribution in [3.05, 3.63) is 83.6 Å². The molecule has 5 rings (SSSR count). The lowest BCUT2D eigenvalue weighted by Crippen LogP contribution is -2.31. The van der Waals surface area contributed by atoms with Gasteiger partial charge in [-0.3, -0.25) is 4.79 Å². The maximum Gasteiger partial charge on any atom is 0.257 e. The lowest BCUT2D eigenvalue weighted by atomic mass is 10.00. The van der Waals surface area contributed by atoms with Crippen LogP contribution in [0.4, 0.5) is 17.2 Å². The lowest BCUT2D eigenvalue weighted by molar-refractivity contribution is 0.102. The maximum atomic E-state index is 12.6. The predicted molar refractivity (Wildman–Crippen MR) is 121 cm³/mol. The van der Waals surface area contributed by atoms with Gasteiger partial charge < -0.3 is 15.1 Å². The number of aromatic nitrogens is 1. The minimum absolute atomic E-state index is 0.132. The van der Waals surface area contributed by atoms with E-state index in [4.69, 9.17) is 0 Å². The molecule has 0 saturated carbocycles. The summed E-state index contributed by atoms with van der Waals surface area (Å²) in [4.78, 5) is 21.8. The van der Waals surface area contributed by atoms with E-state index in [1.807, 2.05) is 24.3 Å². The molecule has 2 aliphatic heterocycles. The van der Waals surface area contributed by atoms with Crippen LogP contribution in [0.5, 0.6) is 0 Å². The zero-order valence-corrected chi connectivity index (χ0v) is 17.1. The van der Waals surface area contributed by atoms with E-state index in [0.29, 0.717) is 5.56 Å². The number of pyridine rings is 1. The first-order valence-electron chi connectivity index (χ1n) is 10.7. The Morgan fingerprint density at radius 2 is 1.60 bits per heavy atom. The molecule has 1 aromatic heterocycles. The summed E-state index contributed by atoms with van der Waals surface area (Å²) in [5.74, 6) is 0.781.